The van der Waals surface area contributed by atoms with Gasteiger partial charge in [-0.25, -0.2) is 0 Å². The minimum absolute atomic E-state index is 0. The topological polar surface area (TPSA) is 3.24 Å². The largest absolute Gasteiger partial charge is 0.306 e. The molecule has 1 atom stereocenters. The highest BCUT2D eigenvalue weighted by atomic mass is 79.9. The molecule has 1 fully saturated rings. The lowest BCUT2D eigenvalue weighted by Crippen LogP contribution is -2.13. The molecule has 0 radical (unpaired) electrons. The zero-order valence-corrected chi connectivity index (χ0v) is 8.26. The summed E-state index contributed by atoms with van der Waals surface area (Å²) in [4.78, 5) is 2.38. The minimum atomic E-state index is 0. The fraction of sp³-hybridized carbons (Fsp3) is 0.750. The van der Waals surface area contributed by atoms with Crippen molar-refractivity contribution in [2.75, 3.05) is 20.1 Å². The van der Waals surface area contributed by atoms with Gasteiger partial charge >= 0.3 is 0 Å². The van der Waals surface area contributed by atoms with Gasteiger partial charge in [0.2, 0.25) is 0 Å². The van der Waals surface area contributed by atoms with Gasteiger partial charge in [-0.2, -0.15) is 0 Å². The maximum absolute atomic E-state index is 3.73. The second kappa shape index (κ2) is 4.91. The smallest absolute Gasteiger partial charge is 0.00100 e. The van der Waals surface area contributed by atoms with E-state index in [1.807, 2.05) is 6.08 Å². The molecule has 60 valence electrons. The number of hydrogen-bond acceptors (Lipinski definition) is 1. The molecule has 10 heavy (non-hydrogen) atoms. The Kier molecular flexibility index (Phi) is 5.00. The Bertz CT molecular complexity index is 103. The number of nitrogens with zero attached hydrogens (tertiary/aromatic N) is 1. The van der Waals surface area contributed by atoms with Gasteiger partial charge in [-0.1, -0.05) is 6.08 Å². The van der Waals surface area contributed by atoms with Crippen molar-refractivity contribution in [2.24, 2.45) is 5.92 Å². The number of likely N-dealkylation sites (tertiary alicyclic amines) is 1. The summed E-state index contributed by atoms with van der Waals surface area (Å²) in [6.07, 6.45) is 4.59. The Labute approximate surface area is 73.9 Å². The molecule has 1 saturated heterocycles. The quantitative estimate of drug-likeness (QED) is 0.625. The molecule has 1 heterocycles. The molecule has 1 aliphatic heterocycles. The first kappa shape index (κ1) is 10.2. The summed E-state index contributed by atoms with van der Waals surface area (Å²) in [5.41, 5.74) is 0. The third-order valence-electron chi connectivity index (χ3n) is 1.99. The molecular weight excluding hydrogens is 190 g/mol. The first-order valence-corrected chi connectivity index (χ1v) is 3.62. The van der Waals surface area contributed by atoms with Crippen LogP contribution in [0.3, 0.4) is 0 Å². The average molecular weight is 206 g/mol. The molecule has 0 saturated carbocycles. The predicted molar refractivity (Wildman–Crippen MR) is 50.7 cm³/mol. The highest BCUT2D eigenvalue weighted by Crippen LogP contribution is 2.17. The molecular formula is C8H16BrN. The number of rotatable bonds is 2. The highest BCUT2D eigenvalue weighted by molar-refractivity contribution is 8.93. The minimum Gasteiger partial charge on any atom is -0.306 e. The molecule has 0 amide bonds. The molecule has 0 aromatic rings. The molecule has 1 rings (SSSR count). The maximum Gasteiger partial charge on any atom is 0.00100 e. The van der Waals surface area contributed by atoms with E-state index >= 15 is 0 Å². The summed E-state index contributed by atoms with van der Waals surface area (Å²) in [7, 11) is 2.18. The third-order valence-corrected chi connectivity index (χ3v) is 1.99. The van der Waals surface area contributed by atoms with Crippen molar-refractivity contribution >= 4 is 17.0 Å². The molecule has 1 aliphatic rings. The second-order valence-corrected chi connectivity index (χ2v) is 2.94. The van der Waals surface area contributed by atoms with Gasteiger partial charge in [0, 0.05) is 6.54 Å². The van der Waals surface area contributed by atoms with Crippen LogP contribution in [-0.4, -0.2) is 25.0 Å². The van der Waals surface area contributed by atoms with Gasteiger partial charge < -0.3 is 4.90 Å². The van der Waals surface area contributed by atoms with Gasteiger partial charge in [0.1, 0.15) is 0 Å². The third kappa shape index (κ3) is 2.84. The van der Waals surface area contributed by atoms with Crippen LogP contribution in [0.4, 0.5) is 0 Å². The fourth-order valence-corrected chi connectivity index (χ4v) is 1.45. The van der Waals surface area contributed by atoms with Crippen molar-refractivity contribution in [1.82, 2.24) is 4.90 Å². The van der Waals surface area contributed by atoms with E-state index in [-0.39, 0.29) is 17.0 Å². The second-order valence-electron chi connectivity index (χ2n) is 2.94. The maximum atomic E-state index is 3.73. The zero-order valence-electron chi connectivity index (χ0n) is 6.55. The zero-order chi connectivity index (χ0) is 6.69. The van der Waals surface area contributed by atoms with E-state index in [0.29, 0.717) is 0 Å². The van der Waals surface area contributed by atoms with Crippen LogP contribution in [0.15, 0.2) is 12.7 Å². The van der Waals surface area contributed by atoms with E-state index in [1.54, 1.807) is 0 Å². The van der Waals surface area contributed by atoms with E-state index in [1.165, 1.54) is 25.9 Å². The molecule has 0 N–H and O–H groups in total. The van der Waals surface area contributed by atoms with Gasteiger partial charge in [-0.15, -0.1) is 23.6 Å². The summed E-state index contributed by atoms with van der Waals surface area (Å²) in [5, 5.41) is 0. The molecule has 0 spiro atoms. The van der Waals surface area contributed by atoms with Crippen molar-refractivity contribution in [1.29, 1.82) is 0 Å². The standard InChI is InChI=1S/C8H15N.BrH/c1-3-4-8-5-6-9(2)7-8;/h3,8H,1,4-7H2,2H3;1H. The SMILES string of the molecule is Br.C=CCC1CCN(C)C1. The van der Waals surface area contributed by atoms with E-state index in [9.17, 15) is 0 Å². The summed E-state index contributed by atoms with van der Waals surface area (Å²) < 4.78 is 0. The lowest BCUT2D eigenvalue weighted by Gasteiger charge is -2.06. The van der Waals surface area contributed by atoms with Crippen molar-refractivity contribution in [3.63, 3.8) is 0 Å². The normalized spacial score (nSPS) is 25.9. The van der Waals surface area contributed by atoms with Crippen LogP contribution in [0.25, 0.3) is 0 Å². The van der Waals surface area contributed by atoms with Crippen LogP contribution in [0.1, 0.15) is 12.8 Å². The summed E-state index contributed by atoms with van der Waals surface area (Å²) >= 11 is 0. The predicted octanol–water partition coefficient (Wildman–Crippen LogP) is 2.09. The van der Waals surface area contributed by atoms with Crippen molar-refractivity contribution in [3.05, 3.63) is 12.7 Å². The van der Waals surface area contributed by atoms with Crippen molar-refractivity contribution in [2.45, 2.75) is 12.8 Å². The van der Waals surface area contributed by atoms with Crippen LogP contribution in [0.2, 0.25) is 0 Å². The van der Waals surface area contributed by atoms with Crippen LogP contribution in [-0.2, 0) is 0 Å². The van der Waals surface area contributed by atoms with E-state index in [4.69, 9.17) is 0 Å². The molecule has 0 aromatic carbocycles. The average Bonchev–Trinajstić information content (AvgIpc) is 2.17. The van der Waals surface area contributed by atoms with E-state index in [0.717, 1.165) is 5.92 Å². The van der Waals surface area contributed by atoms with Crippen molar-refractivity contribution in [3.8, 4) is 0 Å². The first-order valence-electron chi connectivity index (χ1n) is 3.62. The number of allylic oxidation sites excluding steroid dienone is 1. The molecule has 1 nitrogen and oxygen atoms in total. The van der Waals surface area contributed by atoms with Gasteiger partial charge in [0.25, 0.3) is 0 Å². The van der Waals surface area contributed by atoms with Gasteiger partial charge in [-0.3, -0.25) is 0 Å². The molecule has 0 aromatic heterocycles. The number of halogens is 1. The molecule has 2 heteroatoms. The first-order chi connectivity index (χ1) is 4.33. The van der Waals surface area contributed by atoms with Crippen LogP contribution in [0.5, 0.6) is 0 Å². The van der Waals surface area contributed by atoms with Gasteiger partial charge in [0.05, 0.1) is 0 Å². The Balaban J connectivity index is 0.000000810. The summed E-state index contributed by atoms with van der Waals surface area (Å²) in [5.74, 6) is 0.896. The Morgan fingerprint density at radius 1 is 1.70 bits per heavy atom. The Morgan fingerprint density at radius 3 is 2.80 bits per heavy atom. The Hall–Kier alpha value is 0.180. The summed E-state index contributed by atoms with van der Waals surface area (Å²) in [6, 6.07) is 0. The molecule has 1 unspecified atom stereocenters. The van der Waals surface area contributed by atoms with Gasteiger partial charge in [-0.05, 0) is 32.4 Å². The monoisotopic (exact) mass is 205 g/mol. The van der Waals surface area contributed by atoms with Crippen LogP contribution in [0, 0.1) is 5.92 Å². The summed E-state index contributed by atoms with van der Waals surface area (Å²) in [6.45, 7) is 6.28. The fourth-order valence-electron chi connectivity index (χ4n) is 1.45. The lowest BCUT2D eigenvalue weighted by molar-refractivity contribution is 0.396. The Morgan fingerprint density at radius 2 is 2.40 bits per heavy atom. The lowest BCUT2D eigenvalue weighted by atomic mass is 10.1. The van der Waals surface area contributed by atoms with Crippen LogP contribution < -0.4 is 0 Å². The van der Waals surface area contributed by atoms with Crippen molar-refractivity contribution < 1.29 is 0 Å². The van der Waals surface area contributed by atoms with E-state index in [2.05, 4.69) is 18.5 Å². The molecule has 0 aliphatic carbocycles. The van der Waals surface area contributed by atoms with E-state index < -0.39 is 0 Å². The highest BCUT2D eigenvalue weighted by Gasteiger charge is 2.16. The number of hydrogen-bond donors (Lipinski definition) is 0. The van der Waals surface area contributed by atoms with Gasteiger partial charge in [0.15, 0.2) is 0 Å². The van der Waals surface area contributed by atoms with Crippen LogP contribution >= 0.6 is 17.0 Å². The molecule has 0 bridgehead atoms.